The summed E-state index contributed by atoms with van der Waals surface area (Å²) in [6.45, 7) is 0.740. The molecule has 0 spiro atoms. The summed E-state index contributed by atoms with van der Waals surface area (Å²) in [7, 11) is 0. The summed E-state index contributed by atoms with van der Waals surface area (Å²) in [5.74, 6) is -0.988. The van der Waals surface area contributed by atoms with E-state index >= 15 is 0 Å². The number of aromatic carboxylic acids is 1. The van der Waals surface area contributed by atoms with Gasteiger partial charge >= 0.3 is 5.97 Å². The van der Waals surface area contributed by atoms with E-state index in [1.807, 2.05) is 18.2 Å². The average Bonchev–Trinajstić information content (AvgIpc) is 2.76. The first-order valence-corrected chi connectivity index (χ1v) is 5.05. The minimum atomic E-state index is -0.988. The van der Waals surface area contributed by atoms with Gasteiger partial charge in [-0.1, -0.05) is 30.3 Å². The number of hydrogen-bond donors (Lipinski definition) is 1. The van der Waals surface area contributed by atoms with E-state index in [1.165, 1.54) is 5.56 Å². The molecule has 0 unspecified atom stereocenters. The predicted octanol–water partition coefficient (Wildman–Crippen LogP) is 1.82. The monoisotopic (exact) mass is 216 g/mol. The molecule has 0 saturated heterocycles. The van der Waals surface area contributed by atoms with Crippen LogP contribution >= 0.6 is 0 Å². The molecule has 16 heavy (non-hydrogen) atoms. The van der Waals surface area contributed by atoms with Gasteiger partial charge in [-0.2, -0.15) is 0 Å². The van der Waals surface area contributed by atoms with Crippen LogP contribution in [0.1, 0.15) is 16.1 Å². The normalized spacial score (nSPS) is 10.2. The predicted molar refractivity (Wildman–Crippen MR) is 59.3 cm³/mol. The standard InChI is InChI=1S/C12H12N2O2/c15-12(16)11-8-14(9-13-11)7-6-10-4-2-1-3-5-10/h1-5,8-9H,6-7H2,(H,15,16). The summed E-state index contributed by atoms with van der Waals surface area (Å²) in [6.07, 6.45) is 3.97. The lowest BCUT2D eigenvalue weighted by Gasteiger charge is -2.01. The maximum atomic E-state index is 10.6. The van der Waals surface area contributed by atoms with Crippen LogP contribution in [0.3, 0.4) is 0 Å². The van der Waals surface area contributed by atoms with E-state index in [2.05, 4.69) is 17.1 Å². The second kappa shape index (κ2) is 4.61. The zero-order chi connectivity index (χ0) is 11.4. The van der Waals surface area contributed by atoms with Crippen molar-refractivity contribution in [3.8, 4) is 0 Å². The van der Waals surface area contributed by atoms with Crippen molar-refractivity contribution in [2.75, 3.05) is 0 Å². The Kier molecular flexibility index (Phi) is 3.00. The van der Waals surface area contributed by atoms with Gasteiger partial charge in [-0.05, 0) is 12.0 Å². The van der Waals surface area contributed by atoms with Crippen molar-refractivity contribution in [1.29, 1.82) is 0 Å². The van der Waals surface area contributed by atoms with Gasteiger partial charge in [0.15, 0.2) is 5.69 Å². The molecule has 0 atom stereocenters. The van der Waals surface area contributed by atoms with Crippen LogP contribution in [0, 0.1) is 0 Å². The third-order valence-corrected chi connectivity index (χ3v) is 2.35. The summed E-state index contributed by atoms with van der Waals surface area (Å²) in [5.41, 5.74) is 1.32. The topological polar surface area (TPSA) is 55.1 Å². The molecule has 4 nitrogen and oxygen atoms in total. The molecule has 1 aromatic heterocycles. The van der Waals surface area contributed by atoms with Crippen LogP contribution in [-0.2, 0) is 13.0 Å². The molecular formula is C12H12N2O2. The zero-order valence-electron chi connectivity index (χ0n) is 8.71. The molecule has 2 aromatic rings. The third-order valence-electron chi connectivity index (χ3n) is 2.35. The van der Waals surface area contributed by atoms with E-state index in [9.17, 15) is 4.79 Å². The first kappa shape index (κ1) is 10.4. The van der Waals surface area contributed by atoms with Gasteiger partial charge in [-0.3, -0.25) is 0 Å². The Labute approximate surface area is 93.2 Å². The van der Waals surface area contributed by atoms with Crippen molar-refractivity contribution in [3.05, 3.63) is 54.1 Å². The summed E-state index contributed by atoms with van der Waals surface area (Å²) in [6, 6.07) is 10.1. The molecule has 82 valence electrons. The summed E-state index contributed by atoms with van der Waals surface area (Å²) in [5, 5.41) is 8.71. The molecule has 4 heteroatoms. The molecule has 1 heterocycles. The average molecular weight is 216 g/mol. The fourth-order valence-corrected chi connectivity index (χ4v) is 1.50. The van der Waals surface area contributed by atoms with Gasteiger partial charge in [-0.25, -0.2) is 9.78 Å². The molecular weight excluding hydrogens is 204 g/mol. The highest BCUT2D eigenvalue weighted by Crippen LogP contribution is 2.03. The largest absolute Gasteiger partial charge is 0.476 e. The van der Waals surface area contributed by atoms with Crippen molar-refractivity contribution < 1.29 is 9.90 Å². The highest BCUT2D eigenvalue weighted by molar-refractivity contribution is 5.84. The molecule has 0 fully saturated rings. The molecule has 0 saturated carbocycles. The van der Waals surface area contributed by atoms with E-state index in [-0.39, 0.29) is 5.69 Å². The van der Waals surface area contributed by atoms with Crippen LogP contribution in [-0.4, -0.2) is 20.6 Å². The van der Waals surface area contributed by atoms with Crippen molar-refractivity contribution >= 4 is 5.97 Å². The lowest BCUT2D eigenvalue weighted by molar-refractivity contribution is 0.0691. The molecule has 1 aromatic carbocycles. The van der Waals surface area contributed by atoms with Gasteiger partial charge in [0.1, 0.15) is 0 Å². The number of carboxylic acids is 1. The van der Waals surface area contributed by atoms with Gasteiger partial charge < -0.3 is 9.67 Å². The van der Waals surface area contributed by atoms with Crippen molar-refractivity contribution in [2.45, 2.75) is 13.0 Å². The van der Waals surface area contributed by atoms with Crippen LogP contribution in [0.25, 0.3) is 0 Å². The number of rotatable bonds is 4. The van der Waals surface area contributed by atoms with Gasteiger partial charge in [-0.15, -0.1) is 0 Å². The SMILES string of the molecule is O=C(O)c1cn(CCc2ccccc2)cn1. The number of carboxylic acid groups (broad SMARTS) is 1. The van der Waals surface area contributed by atoms with E-state index in [0.717, 1.165) is 13.0 Å². The molecule has 0 aliphatic heterocycles. The maximum Gasteiger partial charge on any atom is 0.356 e. The van der Waals surface area contributed by atoms with Crippen molar-refractivity contribution in [1.82, 2.24) is 9.55 Å². The minimum absolute atomic E-state index is 0.0908. The number of aryl methyl sites for hydroxylation is 2. The lowest BCUT2D eigenvalue weighted by atomic mass is 10.1. The summed E-state index contributed by atoms with van der Waals surface area (Å²) < 4.78 is 1.79. The van der Waals surface area contributed by atoms with Gasteiger partial charge in [0.2, 0.25) is 0 Å². The minimum Gasteiger partial charge on any atom is -0.476 e. The molecule has 0 aliphatic carbocycles. The Bertz CT molecular complexity index is 477. The number of hydrogen-bond acceptors (Lipinski definition) is 2. The van der Waals surface area contributed by atoms with E-state index in [0.29, 0.717) is 0 Å². The van der Waals surface area contributed by atoms with Crippen LogP contribution < -0.4 is 0 Å². The smallest absolute Gasteiger partial charge is 0.356 e. The Morgan fingerprint density at radius 2 is 2.06 bits per heavy atom. The first-order valence-electron chi connectivity index (χ1n) is 5.05. The van der Waals surface area contributed by atoms with Crippen LogP contribution in [0.15, 0.2) is 42.9 Å². The molecule has 2 rings (SSSR count). The molecule has 1 N–H and O–H groups in total. The Balaban J connectivity index is 1.97. The third kappa shape index (κ3) is 2.48. The fraction of sp³-hybridized carbons (Fsp3) is 0.167. The van der Waals surface area contributed by atoms with Gasteiger partial charge in [0.05, 0.1) is 6.33 Å². The second-order valence-electron chi connectivity index (χ2n) is 3.54. The van der Waals surface area contributed by atoms with Gasteiger partial charge in [0, 0.05) is 12.7 Å². The van der Waals surface area contributed by atoms with Gasteiger partial charge in [0.25, 0.3) is 0 Å². The number of nitrogens with zero attached hydrogens (tertiary/aromatic N) is 2. The Morgan fingerprint density at radius 1 is 1.31 bits per heavy atom. The Hall–Kier alpha value is -2.10. The lowest BCUT2D eigenvalue weighted by Crippen LogP contribution is -1.99. The van der Waals surface area contributed by atoms with Crippen molar-refractivity contribution in [3.63, 3.8) is 0 Å². The van der Waals surface area contributed by atoms with Crippen LogP contribution in [0.5, 0.6) is 0 Å². The summed E-state index contributed by atoms with van der Waals surface area (Å²) in [4.78, 5) is 14.4. The number of carbonyl (C=O) groups is 1. The Morgan fingerprint density at radius 3 is 2.69 bits per heavy atom. The zero-order valence-corrected chi connectivity index (χ0v) is 8.71. The highest BCUT2D eigenvalue weighted by atomic mass is 16.4. The molecule has 0 amide bonds. The van der Waals surface area contributed by atoms with E-state index in [1.54, 1.807) is 17.1 Å². The van der Waals surface area contributed by atoms with E-state index < -0.39 is 5.97 Å². The maximum absolute atomic E-state index is 10.6. The summed E-state index contributed by atoms with van der Waals surface area (Å²) >= 11 is 0. The quantitative estimate of drug-likeness (QED) is 0.848. The second-order valence-corrected chi connectivity index (χ2v) is 3.54. The van der Waals surface area contributed by atoms with E-state index in [4.69, 9.17) is 5.11 Å². The number of aromatic nitrogens is 2. The molecule has 0 radical (unpaired) electrons. The van der Waals surface area contributed by atoms with Crippen molar-refractivity contribution in [2.24, 2.45) is 0 Å². The van der Waals surface area contributed by atoms with Crippen LogP contribution in [0.4, 0.5) is 0 Å². The molecule has 0 aliphatic rings. The fourth-order valence-electron chi connectivity index (χ4n) is 1.50. The number of imidazole rings is 1. The highest BCUT2D eigenvalue weighted by Gasteiger charge is 2.05. The first-order chi connectivity index (χ1) is 7.75. The number of benzene rings is 1. The van der Waals surface area contributed by atoms with Crippen LogP contribution in [0.2, 0.25) is 0 Å². The molecule has 0 bridgehead atoms.